The SMILES string of the molecule is COc1ccc(CC(C)NCCN2CCN(C)CC2)cc1. The van der Waals surface area contributed by atoms with Crippen LogP contribution >= 0.6 is 0 Å². The molecule has 0 aliphatic carbocycles. The number of nitrogens with zero attached hydrogens (tertiary/aromatic N) is 2. The van der Waals surface area contributed by atoms with Crippen LogP contribution in [-0.4, -0.2) is 69.3 Å². The van der Waals surface area contributed by atoms with Gasteiger partial charge in [0.1, 0.15) is 5.75 Å². The lowest BCUT2D eigenvalue weighted by molar-refractivity contribution is 0.154. The molecule has 1 aliphatic rings. The Morgan fingerprint density at radius 1 is 1.14 bits per heavy atom. The molecule has 4 nitrogen and oxygen atoms in total. The highest BCUT2D eigenvalue weighted by Gasteiger charge is 2.13. The third kappa shape index (κ3) is 5.65. The predicted octanol–water partition coefficient (Wildman–Crippen LogP) is 1.46. The number of hydrogen-bond donors (Lipinski definition) is 1. The summed E-state index contributed by atoms with van der Waals surface area (Å²) in [6.45, 7) is 9.27. The Bertz CT molecular complexity index is 399. The van der Waals surface area contributed by atoms with Crippen molar-refractivity contribution < 1.29 is 4.74 Å². The van der Waals surface area contributed by atoms with Crippen LogP contribution in [-0.2, 0) is 6.42 Å². The van der Waals surface area contributed by atoms with Gasteiger partial charge in [-0.05, 0) is 38.1 Å². The molecule has 1 N–H and O–H groups in total. The van der Waals surface area contributed by atoms with E-state index in [1.165, 1.54) is 31.7 Å². The molecule has 0 radical (unpaired) electrons. The van der Waals surface area contributed by atoms with Crippen molar-refractivity contribution in [1.82, 2.24) is 15.1 Å². The molecule has 1 aromatic rings. The Balaban J connectivity index is 1.63. The number of likely N-dealkylation sites (N-methyl/N-ethyl adjacent to an activating group) is 1. The van der Waals surface area contributed by atoms with Crippen LogP contribution in [0.3, 0.4) is 0 Å². The topological polar surface area (TPSA) is 27.7 Å². The van der Waals surface area contributed by atoms with Gasteiger partial charge in [-0.25, -0.2) is 0 Å². The van der Waals surface area contributed by atoms with Crippen molar-refractivity contribution in [3.05, 3.63) is 29.8 Å². The molecule has 4 heteroatoms. The summed E-state index contributed by atoms with van der Waals surface area (Å²) in [5.41, 5.74) is 1.36. The predicted molar refractivity (Wildman–Crippen MR) is 88.1 cm³/mol. The first-order chi connectivity index (χ1) is 10.2. The van der Waals surface area contributed by atoms with E-state index in [-0.39, 0.29) is 0 Å². The van der Waals surface area contributed by atoms with Crippen LogP contribution < -0.4 is 10.1 Å². The van der Waals surface area contributed by atoms with Gasteiger partial charge in [0.05, 0.1) is 7.11 Å². The van der Waals surface area contributed by atoms with Crippen LogP contribution in [0.25, 0.3) is 0 Å². The van der Waals surface area contributed by atoms with Gasteiger partial charge in [-0.3, -0.25) is 4.90 Å². The van der Waals surface area contributed by atoms with Crippen molar-refractivity contribution in [2.75, 3.05) is 53.4 Å². The first kappa shape index (κ1) is 16.3. The second kappa shape index (κ2) is 8.37. The van der Waals surface area contributed by atoms with Gasteiger partial charge in [-0.15, -0.1) is 0 Å². The summed E-state index contributed by atoms with van der Waals surface area (Å²) in [7, 11) is 3.91. The van der Waals surface area contributed by atoms with Gasteiger partial charge in [-0.1, -0.05) is 12.1 Å². The number of ether oxygens (including phenoxy) is 1. The third-order valence-corrected chi connectivity index (χ3v) is 4.22. The number of hydrogen-bond acceptors (Lipinski definition) is 4. The molecule has 0 aromatic heterocycles. The molecule has 1 heterocycles. The van der Waals surface area contributed by atoms with Gasteiger partial charge < -0.3 is 15.0 Å². The summed E-state index contributed by atoms with van der Waals surface area (Å²) >= 11 is 0. The van der Waals surface area contributed by atoms with E-state index in [0.29, 0.717) is 6.04 Å². The van der Waals surface area contributed by atoms with Crippen LogP contribution in [0.15, 0.2) is 24.3 Å². The van der Waals surface area contributed by atoms with Crippen molar-refractivity contribution >= 4 is 0 Å². The number of methoxy groups -OCH3 is 1. The van der Waals surface area contributed by atoms with Crippen LogP contribution in [0.2, 0.25) is 0 Å². The first-order valence-electron chi connectivity index (χ1n) is 7.94. The van der Waals surface area contributed by atoms with E-state index in [4.69, 9.17) is 4.74 Å². The molecule has 118 valence electrons. The summed E-state index contributed by atoms with van der Waals surface area (Å²) < 4.78 is 5.19. The number of piperazine rings is 1. The normalized spacial score (nSPS) is 18.6. The molecule has 2 rings (SSSR count). The molecule has 0 amide bonds. The van der Waals surface area contributed by atoms with E-state index < -0.39 is 0 Å². The molecular formula is C17H29N3O. The lowest BCUT2D eigenvalue weighted by Gasteiger charge is -2.32. The minimum atomic E-state index is 0.505. The lowest BCUT2D eigenvalue weighted by Crippen LogP contribution is -2.47. The van der Waals surface area contributed by atoms with E-state index in [2.05, 4.69) is 41.2 Å². The minimum Gasteiger partial charge on any atom is -0.497 e. The molecule has 1 fully saturated rings. The maximum absolute atomic E-state index is 5.19. The summed E-state index contributed by atoms with van der Waals surface area (Å²) in [4.78, 5) is 4.95. The molecule has 0 spiro atoms. The number of rotatable bonds is 7. The minimum absolute atomic E-state index is 0.505. The summed E-state index contributed by atoms with van der Waals surface area (Å²) in [6, 6.07) is 8.87. The van der Waals surface area contributed by atoms with Gasteiger partial charge in [0.25, 0.3) is 0 Å². The van der Waals surface area contributed by atoms with Crippen molar-refractivity contribution in [3.8, 4) is 5.75 Å². The monoisotopic (exact) mass is 291 g/mol. The Hall–Kier alpha value is -1.10. The zero-order valence-corrected chi connectivity index (χ0v) is 13.6. The van der Waals surface area contributed by atoms with E-state index >= 15 is 0 Å². The highest BCUT2D eigenvalue weighted by atomic mass is 16.5. The van der Waals surface area contributed by atoms with E-state index in [1.807, 2.05) is 12.1 Å². The van der Waals surface area contributed by atoms with Crippen LogP contribution in [0.1, 0.15) is 12.5 Å². The van der Waals surface area contributed by atoms with Crippen molar-refractivity contribution in [2.45, 2.75) is 19.4 Å². The van der Waals surface area contributed by atoms with Gasteiger partial charge in [-0.2, -0.15) is 0 Å². The Morgan fingerprint density at radius 2 is 1.81 bits per heavy atom. The fraction of sp³-hybridized carbons (Fsp3) is 0.647. The number of benzene rings is 1. The zero-order chi connectivity index (χ0) is 15.1. The van der Waals surface area contributed by atoms with Crippen molar-refractivity contribution in [2.24, 2.45) is 0 Å². The van der Waals surface area contributed by atoms with Crippen LogP contribution in [0.5, 0.6) is 5.75 Å². The second-order valence-electron chi connectivity index (χ2n) is 6.05. The summed E-state index contributed by atoms with van der Waals surface area (Å²) in [5, 5.41) is 3.63. The average molecular weight is 291 g/mol. The highest BCUT2D eigenvalue weighted by Crippen LogP contribution is 2.12. The third-order valence-electron chi connectivity index (χ3n) is 4.22. The molecule has 1 saturated heterocycles. The van der Waals surface area contributed by atoms with Crippen LogP contribution in [0, 0.1) is 0 Å². The fourth-order valence-electron chi connectivity index (χ4n) is 2.73. The standard InChI is InChI=1S/C17H29N3O/c1-15(14-16-4-6-17(21-3)7-5-16)18-8-9-20-12-10-19(2)11-13-20/h4-7,15,18H,8-14H2,1-3H3. The molecule has 0 bridgehead atoms. The lowest BCUT2D eigenvalue weighted by atomic mass is 10.1. The summed E-state index contributed by atoms with van der Waals surface area (Å²) in [6.07, 6.45) is 1.06. The Morgan fingerprint density at radius 3 is 2.43 bits per heavy atom. The van der Waals surface area contributed by atoms with Crippen molar-refractivity contribution in [3.63, 3.8) is 0 Å². The maximum atomic E-state index is 5.19. The van der Waals surface area contributed by atoms with E-state index in [0.717, 1.165) is 25.3 Å². The van der Waals surface area contributed by atoms with E-state index in [1.54, 1.807) is 7.11 Å². The highest BCUT2D eigenvalue weighted by molar-refractivity contribution is 5.27. The van der Waals surface area contributed by atoms with Gasteiger partial charge in [0.2, 0.25) is 0 Å². The molecule has 1 aromatic carbocycles. The first-order valence-corrected chi connectivity index (χ1v) is 7.94. The van der Waals surface area contributed by atoms with Gasteiger partial charge in [0, 0.05) is 45.3 Å². The fourth-order valence-corrected chi connectivity index (χ4v) is 2.73. The smallest absolute Gasteiger partial charge is 0.118 e. The molecule has 0 saturated carbocycles. The average Bonchev–Trinajstić information content (AvgIpc) is 2.50. The second-order valence-corrected chi connectivity index (χ2v) is 6.05. The molecular weight excluding hydrogens is 262 g/mol. The van der Waals surface area contributed by atoms with Gasteiger partial charge in [0.15, 0.2) is 0 Å². The molecule has 1 atom stereocenters. The van der Waals surface area contributed by atoms with Crippen molar-refractivity contribution in [1.29, 1.82) is 0 Å². The summed E-state index contributed by atoms with van der Waals surface area (Å²) in [5.74, 6) is 0.925. The van der Waals surface area contributed by atoms with Crippen LogP contribution in [0.4, 0.5) is 0 Å². The number of nitrogens with one attached hydrogen (secondary N) is 1. The Labute approximate surface area is 129 Å². The van der Waals surface area contributed by atoms with E-state index in [9.17, 15) is 0 Å². The largest absolute Gasteiger partial charge is 0.497 e. The van der Waals surface area contributed by atoms with Gasteiger partial charge >= 0.3 is 0 Å². The molecule has 1 unspecified atom stereocenters. The Kier molecular flexibility index (Phi) is 6.49. The maximum Gasteiger partial charge on any atom is 0.118 e. The zero-order valence-electron chi connectivity index (χ0n) is 13.6. The molecule has 1 aliphatic heterocycles. The molecule has 21 heavy (non-hydrogen) atoms. The quantitative estimate of drug-likeness (QED) is 0.823.